The van der Waals surface area contributed by atoms with Gasteiger partial charge in [-0.15, -0.1) is 11.8 Å². The minimum atomic E-state index is 0.757. The Morgan fingerprint density at radius 2 is 1.78 bits per heavy atom. The number of hydrogen-bond acceptors (Lipinski definition) is 3. The lowest BCUT2D eigenvalue weighted by Gasteiger charge is -2.12. The van der Waals surface area contributed by atoms with Crippen molar-refractivity contribution < 1.29 is 0 Å². The molecule has 6 heteroatoms. The predicted octanol–water partition coefficient (Wildman–Crippen LogP) is 3.50. The van der Waals surface area contributed by atoms with E-state index < -0.39 is 0 Å². The van der Waals surface area contributed by atoms with Gasteiger partial charge in [0.2, 0.25) is 0 Å². The molecule has 0 spiro atoms. The first-order chi connectivity index (χ1) is 13.3. The van der Waals surface area contributed by atoms with E-state index in [0.717, 1.165) is 31.2 Å². The fraction of sp³-hybridized carbons (Fsp3) is 0.238. The Kier molecular flexibility index (Phi) is 6.93. The number of nitrogens with zero attached hydrogens (tertiary/aromatic N) is 3. The van der Waals surface area contributed by atoms with Gasteiger partial charge in [0.05, 0.1) is 5.69 Å². The Morgan fingerprint density at radius 3 is 2.41 bits per heavy atom. The van der Waals surface area contributed by atoms with Gasteiger partial charge in [0.1, 0.15) is 0 Å². The third kappa shape index (κ3) is 5.62. The summed E-state index contributed by atoms with van der Waals surface area (Å²) in [6, 6.07) is 19.0. The minimum absolute atomic E-state index is 0.757. The summed E-state index contributed by atoms with van der Waals surface area (Å²) in [5.41, 5.74) is 3.59. The lowest BCUT2D eigenvalue weighted by molar-refractivity contribution is 0.793. The Morgan fingerprint density at radius 1 is 1.04 bits per heavy atom. The van der Waals surface area contributed by atoms with Gasteiger partial charge in [0.15, 0.2) is 5.96 Å². The second kappa shape index (κ2) is 9.83. The van der Waals surface area contributed by atoms with Crippen LogP contribution >= 0.6 is 11.8 Å². The van der Waals surface area contributed by atoms with Gasteiger partial charge >= 0.3 is 0 Å². The van der Waals surface area contributed by atoms with Gasteiger partial charge < -0.3 is 10.6 Å². The molecule has 5 nitrogen and oxygen atoms in total. The van der Waals surface area contributed by atoms with Gasteiger partial charge in [-0.2, -0.15) is 5.10 Å². The maximum atomic E-state index is 4.29. The number of aromatic nitrogens is 2. The molecule has 3 aromatic rings. The smallest absolute Gasteiger partial charge is 0.191 e. The molecule has 27 heavy (non-hydrogen) atoms. The lowest BCUT2D eigenvalue weighted by atomic mass is 10.1. The SMILES string of the molecule is CN=C(NCCc1ccc(-n2cccn2)cc1)NCc1ccc(SC)cc1. The third-order valence-electron chi connectivity index (χ3n) is 4.25. The zero-order chi connectivity index (χ0) is 18.9. The van der Waals surface area contributed by atoms with Gasteiger partial charge in [-0.3, -0.25) is 4.99 Å². The van der Waals surface area contributed by atoms with E-state index in [1.807, 2.05) is 16.9 Å². The number of rotatable bonds is 7. The van der Waals surface area contributed by atoms with E-state index in [4.69, 9.17) is 0 Å². The summed E-state index contributed by atoms with van der Waals surface area (Å²) >= 11 is 1.75. The summed E-state index contributed by atoms with van der Waals surface area (Å²) in [6.07, 6.45) is 6.75. The fourth-order valence-electron chi connectivity index (χ4n) is 2.71. The Bertz CT molecular complexity index is 839. The normalized spacial score (nSPS) is 11.4. The minimum Gasteiger partial charge on any atom is -0.356 e. The Hall–Kier alpha value is -2.73. The highest BCUT2D eigenvalue weighted by molar-refractivity contribution is 7.98. The molecule has 0 amide bonds. The van der Waals surface area contributed by atoms with Gasteiger partial charge in [-0.05, 0) is 54.1 Å². The molecule has 1 heterocycles. The largest absolute Gasteiger partial charge is 0.356 e. The van der Waals surface area contributed by atoms with Crippen molar-refractivity contribution in [3.63, 3.8) is 0 Å². The Labute approximate surface area is 164 Å². The third-order valence-corrected chi connectivity index (χ3v) is 5.00. The fourth-order valence-corrected chi connectivity index (χ4v) is 3.12. The average molecular weight is 380 g/mol. The first-order valence-electron chi connectivity index (χ1n) is 8.95. The van der Waals surface area contributed by atoms with E-state index in [1.165, 1.54) is 16.0 Å². The molecule has 0 aliphatic heterocycles. The summed E-state index contributed by atoms with van der Waals surface area (Å²) in [5, 5.41) is 11.0. The highest BCUT2D eigenvalue weighted by Gasteiger charge is 2.01. The van der Waals surface area contributed by atoms with Gasteiger partial charge in [-0.25, -0.2) is 4.68 Å². The first-order valence-corrected chi connectivity index (χ1v) is 10.2. The molecule has 0 fully saturated rings. The molecule has 0 unspecified atom stereocenters. The van der Waals surface area contributed by atoms with Crippen LogP contribution in [0.4, 0.5) is 0 Å². The summed E-state index contributed by atoms with van der Waals surface area (Å²) in [5.74, 6) is 0.817. The molecule has 0 aliphatic rings. The number of aliphatic imine (C=N–C) groups is 1. The number of benzene rings is 2. The van der Waals surface area contributed by atoms with Crippen molar-refractivity contribution in [1.29, 1.82) is 0 Å². The van der Waals surface area contributed by atoms with Crippen LogP contribution in [0.2, 0.25) is 0 Å². The molecule has 0 saturated carbocycles. The second-order valence-corrected chi connectivity index (χ2v) is 6.95. The molecular formula is C21H25N5S. The predicted molar refractivity (Wildman–Crippen MR) is 114 cm³/mol. The molecule has 0 radical (unpaired) electrons. The Balaban J connectivity index is 1.44. The van der Waals surface area contributed by atoms with Crippen LogP contribution in [0.15, 0.2) is 76.9 Å². The molecule has 2 N–H and O–H groups in total. The van der Waals surface area contributed by atoms with Crippen molar-refractivity contribution in [1.82, 2.24) is 20.4 Å². The monoisotopic (exact) mass is 379 g/mol. The van der Waals surface area contributed by atoms with Gasteiger partial charge in [-0.1, -0.05) is 24.3 Å². The van der Waals surface area contributed by atoms with E-state index in [-0.39, 0.29) is 0 Å². The number of thioether (sulfide) groups is 1. The van der Waals surface area contributed by atoms with Crippen LogP contribution in [0.5, 0.6) is 0 Å². The van der Waals surface area contributed by atoms with Crippen LogP contribution < -0.4 is 10.6 Å². The quantitative estimate of drug-likeness (QED) is 0.375. The number of nitrogens with one attached hydrogen (secondary N) is 2. The lowest BCUT2D eigenvalue weighted by Crippen LogP contribution is -2.37. The van der Waals surface area contributed by atoms with Crippen LogP contribution in [-0.4, -0.2) is 35.6 Å². The van der Waals surface area contributed by atoms with Gasteiger partial charge in [0.25, 0.3) is 0 Å². The number of guanidine groups is 1. The second-order valence-electron chi connectivity index (χ2n) is 6.07. The van der Waals surface area contributed by atoms with Crippen LogP contribution in [0, 0.1) is 0 Å². The van der Waals surface area contributed by atoms with Crippen molar-refractivity contribution in [3.8, 4) is 5.69 Å². The zero-order valence-electron chi connectivity index (χ0n) is 15.7. The van der Waals surface area contributed by atoms with Crippen molar-refractivity contribution in [2.45, 2.75) is 17.9 Å². The molecule has 140 valence electrons. The van der Waals surface area contributed by atoms with Crippen molar-refractivity contribution in [3.05, 3.63) is 78.1 Å². The van der Waals surface area contributed by atoms with Crippen LogP contribution in [-0.2, 0) is 13.0 Å². The van der Waals surface area contributed by atoms with E-state index in [9.17, 15) is 0 Å². The maximum absolute atomic E-state index is 4.29. The highest BCUT2D eigenvalue weighted by Crippen LogP contribution is 2.14. The van der Waals surface area contributed by atoms with E-state index in [2.05, 4.69) is 75.5 Å². The maximum Gasteiger partial charge on any atom is 0.191 e. The molecule has 0 saturated heterocycles. The topological polar surface area (TPSA) is 54.2 Å². The molecule has 0 bridgehead atoms. The van der Waals surface area contributed by atoms with E-state index >= 15 is 0 Å². The first kappa shape index (κ1) is 19.0. The molecule has 1 aromatic heterocycles. The van der Waals surface area contributed by atoms with Crippen molar-refractivity contribution >= 4 is 17.7 Å². The zero-order valence-corrected chi connectivity index (χ0v) is 16.5. The molecule has 0 aliphatic carbocycles. The van der Waals surface area contributed by atoms with Crippen molar-refractivity contribution in [2.75, 3.05) is 19.8 Å². The van der Waals surface area contributed by atoms with E-state index in [0.29, 0.717) is 0 Å². The van der Waals surface area contributed by atoms with Crippen LogP contribution in [0.25, 0.3) is 5.69 Å². The summed E-state index contributed by atoms with van der Waals surface area (Å²) < 4.78 is 1.86. The highest BCUT2D eigenvalue weighted by atomic mass is 32.2. The van der Waals surface area contributed by atoms with Crippen molar-refractivity contribution in [2.24, 2.45) is 4.99 Å². The standard InChI is InChI=1S/C21H25N5S/c1-22-21(24-16-18-6-10-20(27-2)11-7-18)23-14-12-17-4-8-19(9-5-17)26-15-3-13-25-26/h3-11,13,15H,12,14,16H2,1-2H3,(H2,22,23,24). The molecule has 0 atom stereocenters. The van der Waals surface area contributed by atoms with Crippen LogP contribution in [0.1, 0.15) is 11.1 Å². The molecule has 3 rings (SSSR count). The molecular weight excluding hydrogens is 354 g/mol. The number of hydrogen-bond donors (Lipinski definition) is 2. The van der Waals surface area contributed by atoms with E-state index in [1.54, 1.807) is 25.0 Å². The molecule has 2 aromatic carbocycles. The summed E-state index contributed by atoms with van der Waals surface area (Å²) in [6.45, 7) is 1.58. The van der Waals surface area contributed by atoms with Gasteiger partial charge in [0, 0.05) is 37.4 Å². The average Bonchev–Trinajstić information content (AvgIpc) is 3.26. The summed E-state index contributed by atoms with van der Waals surface area (Å²) in [7, 11) is 1.80. The summed E-state index contributed by atoms with van der Waals surface area (Å²) in [4.78, 5) is 5.57. The van der Waals surface area contributed by atoms with Crippen LogP contribution in [0.3, 0.4) is 0 Å².